The average molecular weight is 373 g/mol. The summed E-state index contributed by atoms with van der Waals surface area (Å²) in [5, 5.41) is 2.97. The standard InChI is InChI=1S/C9H8Br2ClNOS/c10-5-3-6(15-7(5)11)8(14)13-9(4-12)1-2-9/h3H,1-2,4H2,(H,13,14). The number of thiophene rings is 1. The largest absolute Gasteiger partial charge is 0.345 e. The van der Waals surface area contributed by atoms with E-state index in [2.05, 4.69) is 37.2 Å². The molecule has 1 aliphatic rings. The highest BCUT2D eigenvalue weighted by atomic mass is 79.9. The molecule has 2 rings (SSSR count). The molecule has 1 aromatic heterocycles. The van der Waals surface area contributed by atoms with Crippen molar-refractivity contribution in [2.45, 2.75) is 18.4 Å². The SMILES string of the molecule is O=C(NC1(CCl)CC1)c1cc(Br)c(Br)s1. The van der Waals surface area contributed by atoms with Gasteiger partial charge in [0, 0.05) is 10.4 Å². The van der Waals surface area contributed by atoms with Crippen molar-refractivity contribution < 1.29 is 4.79 Å². The number of rotatable bonds is 3. The lowest BCUT2D eigenvalue weighted by Crippen LogP contribution is -2.37. The van der Waals surface area contributed by atoms with Crippen molar-refractivity contribution in [2.75, 3.05) is 5.88 Å². The third-order valence-corrected chi connectivity index (χ3v) is 6.12. The summed E-state index contributed by atoms with van der Waals surface area (Å²) in [7, 11) is 0. The summed E-state index contributed by atoms with van der Waals surface area (Å²) in [6.07, 6.45) is 1.96. The van der Waals surface area contributed by atoms with Gasteiger partial charge in [0.15, 0.2) is 0 Å². The summed E-state index contributed by atoms with van der Waals surface area (Å²) < 4.78 is 1.84. The molecule has 15 heavy (non-hydrogen) atoms. The van der Waals surface area contributed by atoms with Crippen LogP contribution in [0.25, 0.3) is 0 Å². The van der Waals surface area contributed by atoms with Crippen LogP contribution in [0, 0.1) is 0 Å². The molecule has 0 radical (unpaired) electrons. The van der Waals surface area contributed by atoms with E-state index in [9.17, 15) is 4.79 Å². The van der Waals surface area contributed by atoms with Crippen LogP contribution in [0.4, 0.5) is 0 Å². The summed E-state index contributed by atoms with van der Waals surface area (Å²) in [5.74, 6) is 0.455. The van der Waals surface area contributed by atoms with E-state index < -0.39 is 0 Å². The Morgan fingerprint density at radius 3 is 2.67 bits per heavy atom. The Morgan fingerprint density at radius 2 is 2.27 bits per heavy atom. The van der Waals surface area contributed by atoms with Crippen molar-refractivity contribution in [2.24, 2.45) is 0 Å². The lowest BCUT2D eigenvalue weighted by Gasteiger charge is -2.12. The fraction of sp³-hybridized carbons (Fsp3) is 0.444. The lowest BCUT2D eigenvalue weighted by atomic mass is 10.3. The minimum absolute atomic E-state index is 0.0375. The quantitative estimate of drug-likeness (QED) is 0.803. The predicted octanol–water partition coefficient (Wildman–Crippen LogP) is 3.77. The molecule has 82 valence electrons. The Hall–Kier alpha value is 0.420. The van der Waals surface area contributed by atoms with Gasteiger partial charge in [-0.2, -0.15) is 0 Å². The molecule has 6 heteroatoms. The van der Waals surface area contributed by atoms with Gasteiger partial charge in [-0.05, 0) is 50.8 Å². The fourth-order valence-corrected chi connectivity index (χ4v) is 3.47. The Bertz CT molecular complexity index is 383. The summed E-state index contributed by atoms with van der Waals surface area (Å²) in [6, 6.07) is 1.81. The molecule has 1 amide bonds. The molecule has 2 nitrogen and oxygen atoms in total. The number of carbonyl (C=O) groups excluding carboxylic acids is 1. The van der Waals surface area contributed by atoms with Crippen LogP contribution in [-0.2, 0) is 0 Å². The molecule has 0 aromatic carbocycles. The first kappa shape index (κ1) is 11.9. The molecule has 1 saturated carbocycles. The molecule has 1 aliphatic carbocycles. The molecule has 0 atom stereocenters. The molecule has 1 fully saturated rings. The molecule has 1 N–H and O–H groups in total. The maximum absolute atomic E-state index is 11.8. The number of alkyl halides is 1. The summed E-state index contributed by atoms with van der Waals surface area (Å²) >= 11 is 13.9. The average Bonchev–Trinajstić information content (AvgIpc) is 2.89. The lowest BCUT2D eigenvalue weighted by molar-refractivity contribution is 0.0940. The van der Waals surface area contributed by atoms with Gasteiger partial charge in [0.05, 0.1) is 14.2 Å². The molecular formula is C9H8Br2ClNOS. The topological polar surface area (TPSA) is 29.1 Å². The van der Waals surface area contributed by atoms with Crippen LogP contribution in [-0.4, -0.2) is 17.3 Å². The van der Waals surface area contributed by atoms with E-state index in [1.54, 1.807) is 0 Å². The first-order chi connectivity index (χ1) is 7.06. The fourth-order valence-electron chi connectivity index (χ4n) is 1.20. The zero-order valence-corrected chi connectivity index (χ0v) is 12.4. The van der Waals surface area contributed by atoms with Crippen molar-refractivity contribution in [1.82, 2.24) is 5.32 Å². The van der Waals surface area contributed by atoms with E-state index in [4.69, 9.17) is 11.6 Å². The van der Waals surface area contributed by atoms with Gasteiger partial charge in [-0.15, -0.1) is 22.9 Å². The number of amides is 1. The molecular weight excluding hydrogens is 365 g/mol. The second-order valence-corrected chi connectivity index (χ2v) is 7.09. The van der Waals surface area contributed by atoms with Crippen LogP contribution in [0.3, 0.4) is 0 Å². The van der Waals surface area contributed by atoms with Gasteiger partial charge in [-0.25, -0.2) is 0 Å². The number of carbonyl (C=O) groups is 1. The maximum atomic E-state index is 11.8. The normalized spacial score (nSPS) is 17.5. The van der Waals surface area contributed by atoms with Gasteiger partial charge in [0.25, 0.3) is 5.91 Å². The van der Waals surface area contributed by atoms with Crippen LogP contribution in [0.1, 0.15) is 22.5 Å². The van der Waals surface area contributed by atoms with Gasteiger partial charge in [0.1, 0.15) is 0 Å². The Labute approximate surface area is 114 Å². The van der Waals surface area contributed by atoms with Crippen molar-refractivity contribution >= 4 is 60.7 Å². The van der Waals surface area contributed by atoms with Crippen molar-refractivity contribution in [3.05, 3.63) is 19.2 Å². The zero-order valence-electron chi connectivity index (χ0n) is 7.65. The monoisotopic (exact) mass is 371 g/mol. The highest BCUT2D eigenvalue weighted by Gasteiger charge is 2.43. The van der Waals surface area contributed by atoms with E-state index in [1.807, 2.05) is 6.07 Å². The van der Waals surface area contributed by atoms with Crippen LogP contribution >= 0.6 is 54.8 Å². The van der Waals surface area contributed by atoms with Crippen molar-refractivity contribution in [1.29, 1.82) is 0 Å². The second kappa shape index (κ2) is 4.35. The zero-order chi connectivity index (χ0) is 11.1. The molecule has 0 spiro atoms. The number of hydrogen-bond acceptors (Lipinski definition) is 2. The van der Waals surface area contributed by atoms with Gasteiger partial charge in [-0.1, -0.05) is 0 Å². The Kier molecular flexibility index (Phi) is 3.45. The van der Waals surface area contributed by atoms with Crippen LogP contribution < -0.4 is 5.32 Å². The first-order valence-electron chi connectivity index (χ1n) is 4.40. The third kappa shape index (κ3) is 2.57. The molecule has 0 bridgehead atoms. The van der Waals surface area contributed by atoms with Gasteiger partial charge < -0.3 is 5.32 Å². The molecule has 0 unspecified atom stereocenters. The van der Waals surface area contributed by atoms with Gasteiger partial charge >= 0.3 is 0 Å². The first-order valence-corrected chi connectivity index (χ1v) is 7.33. The van der Waals surface area contributed by atoms with E-state index in [-0.39, 0.29) is 11.4 Å². The number of hydrogen-bond donors (Lipinski definition) is 1. The molecule has 1 heterocycles. The highest BCUT2D eigenvalue weighted by molar-refractivity contribution is 9.13. The Morgan fingerprint density at radius 1 is 1.60 bits per heavy atom. The van der Waals surface area contributed by atoms with Crippen molar-refractivity contribution in [3.63, 3.8) is 0 Å². The summed E-state index contributed by atoms with van der Waals surface area (Å²) in [6.45, 7) is 0. The minimum atomic E-state index is -0.137. The van der Waals surface area contributed by atoms with Crippen LogP contribution in [0.2, 0.25) is 0 Å². The minimum Gasteiger partial charge on any atom is -0.345 e. The second-order valence-electron chi connectivity index (χ2n) is 3.60. The van der Waals surface area contributed by atoms with Crippen LogP contribution in [0.15, 0.2) is 14.3 Å². The Balaban J connectivity index is 2.08. The van der Waals surface area contributed by atoms with Gasteiger partial charge in [-0.3, -0.25) is 4.79 Å². The number of halogens is 3. The molecule has 1 aromatic rings. The van der Waals surface area contributed by atoms with E-state index >= 15 is 0 Å². The number of nitrogens with one attached hydrogen (secondary N) is 1. The maximum Gasteiger partial charge on any atom is 0.261 e. The predicted molar refractivity (Wildman–Crippen MR) is 69.9 cm³/mol. The van der Waals surface area contributed by atoms with E-state index in [0.717, 1.165) is 21.1 Å². The summed E-state index contributed by atoms with van der Waals surface area (Å²) in [5.41, 5.74) is -0.137. The highest BCUT2D eigenvalue weighted by Crippen LogP contribution is 2.38. The van der Waals surface area contributed by atoms with Gasteiger partial charge in [0.2, 0.25) is 0 Å². The van der Waals surface area contributed by atoms with Crippen LogP contribution in [0.5, 0.6) is 0 Å². The molecule has 0 saturated heterocycles. The van der Waals surface area contributed by atoms with E-state index in [0.29, 0.717) is 10.8 Å². The molecule has 0 aliphatic heterocycles. The summed E-state index contributed by atoms with van der Waals surface area (Å²) in [4.78, 5) is 12.5. The smallest absolute Gasteiger partial charge is 0.261 e. The third-order valence-electron chi connectivity index (χ3n) is 2.36. The van der Waals surface area contributed by atoms with Crippen molar-refractivity contribution in [3.8, 4) is 0 Å². The van der Waals surface area contributed by atoms with E-state index in [1.165, 1.54) is 11.3 Å².